The summed E-state index contributed by atoms with van der Waals surface area (Å²) >= 11 is 0. The number of nitrogens with zero attached hydrogens (tertiary/aromatic N) is 2. The molecule has 0 fully saturated rings. The molecule has 0 radical (unpaired) electrons. The number of para-hydroxylation sites is 3. The Balaban J connectivity index is 1.24. The fourth-order valence-corrected chi connectivity index (χ4v) is 6.05. The van der Waals surface area contributed by atoms with Crippen LogP contribution in [0.1, 0.15) is 0 Å². The van der Waals surface area contributed by atoms with Crippen LogP contribution in [0, 0.1) is 0 Å². The molecule has 3 nitrogen and oxygen atoms in total. The standard InChI is InChI=1S/C42H30N2O/c1-4-12-31(13-5-1)33-20-24-36(25-21-33)43(37-26-22-34(23-27-37)32-14-6-2-7-15-32)38-28-29-40-42(30-38)45-41-19-11-10-18-39(41)44(40)35-16-8-3-9-17-35/h1-30H. The Morgan fingerprint density at radius 2 is 0.800 bits per heavy atom. The van der Waals surface area contributed by atoms with Crippen molar-refractivity contribution in [3.8, 4) is 33.8 Å². The first-order valence-corrected chi connectivity index (χ1v) is 15.2. The molecule has 1 heterocycles. The second-order valence-corrected chi connectivity index (χ2v) is 11.1. The van der Waals surface area contributed by atoms with Gasteiger partial charge < -0.3 is 14.5 Å². The lowest BCUT2D eigenvalue weighted by Crippen LogP contribution is -2.16. The molecule has 0 aromatic heterocycles. The molecule has 7 aromatic rings. The molecule has 0 N–H and O–H groups in total. The van der Waals surface area contributed by atoms with Crippen molar-refractivity contribution in [2.75, 3.05) is 9.80 Å². The molecule has 0 saturated heterocycles. The van der Waals surface area contributed by atoms with E-state index in [0.29, 0.717) is 0 Å². The molecule has 0 bridgehead atoms. The van der Waals surface area contributed by atoms with Crippen molar-refractivity contribution in [2.45, 2.75) is 0 Å². The van der Waals surface area contributed by atoms with Gasteiger partial charge in [-0.05, 0) is 82.9 Å². The highest BCUT2D eigenvalue weighted by Crippen LogP contribution is 2.52. The first-order valence-electron chi connectivity index (χ1n) is 15.2. The second kappa shape index (κ2) is 11.6. The fourth-order valence-electron chi connectivity index (χ4n) is 6.05. The van der Waals surface area contributed by atoms with Gasteiger partial charge in [0.05, 0.1) is 11.4 Å². The number of hydrogen-bond acceptors (Lipinski definition) is 3. The number of anilines is 6. The Hall–Kier alpha value is -6.06. The molecule has 214 valence electrons. The Bertz CT molecular complexity index is 1970. The molecule has 7 aromatic carbocycles. The summed E-state index contributed by atoms with van der Waals surface area (Å²) in [5.74, 6) is 1.64. The minimum absolute atomic E-state index is 0.807. The maximum Gasteiger partial charge on any atom is 0.153 e. The van der Waals surface area contributed by atoms with E-state index in [2.05, 4.69) is 161 Å². The number of rotatable bonds is 6. The summed E-state index contributed by atoms with van der Waals surface area (Å²) in [5.41, 5.74) is 11.0. The smallest absolute Gasteiger partial charge is 0.153 e. The monoisotopic (exact) mass is 578 g/mol. The zero-order valence-electron chi connectivity index (χ0n) is 24.6. The first kappa shape index (κ1) is 26.6. The molecule has 1 aliphatic heterocycles. The second-order valence-electron chi connectivity index (χ2n) is 11.1. The lowest BCUT2D eigenvalue weighted by atomic mass is 10.0. The van der Waals surface area contributed by atoms with Crippen LogP contribution in [-0.4, -0.2) is 0 Å². The van der Waals surface area contributed by atoms with Crippen molar-refractivity contribution < 1.29 is 4.74 Å². The maximum atomic E-state index is 6.58. The van der Waals surface area contributed by atoms with Gasteiger partial charge in [-0.2, -0.15) is 0 Å². The van der Waals surface area contributed by atoms with Crippen LogP contribution in [0.3, 0.4) is 0 Å². The molecule has 45 heavy (non-hydrogen) atoms. The molecular weight excluding hydrogens is 548 g/mol. The van der Waals surface area contributed by atoms with Crippen LogP contribution in [0.2, 0.25) is 0 Å². The summed E-state index contributed by atoms with van der Waals surface area (Å²) in [6, 6.07) is 63.7. The van der Waals surface area contributed by atoms with Crippen molar-refractivity contribution in [2.24, 2.45) is 0 Å². The van der Waals surface area contributed by atoms with Gasteiger partial charge in [0.15, 0.2) is 11.5 Å². The molecule has 0 spiro atoms. The number of fused-ring (bicyclic) bond motifs is 2. The van der Waals surface area contributed by atoms with Crippen LogP contribution in [0.4, 0.5) is 34.1 Å². The van der Waals surface area contributed by atoms with E-state index in [0.717, 1.165) is 45.6 Å². The third-order valence-corrected chi connectivity index (χ3v) is 8.25. The number of benzene rings is 7. The number of hydrogen-bond donors (Lipinski definition) is 0. The van der Waals surface area contributed by atoms with E-state index in [-0.39, 0.29) is 0 Å². The van der Waals surface area contributed by atoms with Gasteiger partial charge in [0.2, 0.25) is 0 Å². The average molecular weight is 579 g/mol. The van der Waals surface area contributed by atoms with Crippen LogP contribution in [0.5, 0.6) is 11.5 Å². The van der Waals surface area contributed by atoms with Gasteiger partial charge in [0, 0.05) is 28.8 Å². The Morgan fingerprint density at radius 3 is 1.38 bits per heavy atom. The highest BCUT2D eigenvalue weighted by molar-refractivity contribution is 5.89. The van der Waals surface area contributed by atoms with Crippen molar-refractivity contribution in [1.29, 1.82) is 0 Å². The van der Waals surface area contributed by atoms with Gasteiger partial charge in [0.25, 0.3) is 0 Å². The van der Waals surface area contributed by atoms with E-state index in [9.17, 15) is 0 Å². The van der Waals surface area contributed by atoms with E-state index < -0.39 is 0 Å². The van der Waals surface area contributed by atoms with Gasteiger partial charge in [-0.1, -0.05) is 115 Å². The van der Waals surface area contributed by atoms with Crippen molar-refractivity contribution >= 4 is 34.1 Å². The van der Waals surface area contributed by atoms with Crippen molar-refractivity contribution in [3.05, 3.63) is 182 Å². The topological polar surface area (TPSA) is 15.7 Å². The van der Waals surface area contributed by atoms with Gasteiger partial charge >= 0.3 is 0 Å². The molecule has 3 heteroatoms. The zero-order valence-corrected chi connectivity index (χ0v) is 24.6. The van der Waals surface area contributed by atoms with Gasteiger partial charge in [-0.15, -0.1) is 0 Å². The molecule has 1 aliphatic rings. The molecule has 0 amide bonds. The Kier molecular flexibility index (Phi) is 6.82. The number of ether oxygens (including phenoxy) is 1. The summed E-state index contributed by atoms with van der Waals surface area (Å²) in [6.07, 6.45) is 0. The fraction of sp³-hybridized carbons (Fsp3) is 0. The molecule has 0 unspecified atom stereocenters. The third-order valence-electron chi connectivity index (χ3n) is 8.25. The zero-order chi connectivity index (χ0) is 30.0. The lowest BCUT2D eigenvalue weighted by molar-refractivity contribution is 0.477. The van der Waals surface area contributed by atoms with Crippen LogP contribution in [0.15, 0.2) is 182 Å². The van der Waals surface area contributed by atoms with E-state index in [1.54, 1.807) is 0 Å². The largest absolute Gasteiger partial charge is 0.453 e. The molecule has 0 saturated carbocycles. The Morgan fingerprint density at radius 1 is 0.356 bits per heavy atom. The van der Waals surface area contributed by atoms with E-state index >= 15 is 0 Å². The van der Waals surface area contributed by atoms with Crippen molar-refractivity contribution in [3.63, 3.8) is 0 Å². The summed E-state index contributed by atoms with van der Waals surface area (Å²) in [6.45, 7) is 0. The summed E-state index contributed by atoms with van der Waals surface area (Å²) in [7, 11) is 0. The van der Waals surface area contributed by atoms with Crippen LogP contribution >= 0.6 is 0 Å². The lowest BCUT2D eigenvalue weighted by Gasteiger charge is -2.34. The van der Waals surface area contributed by atoms with Gasteiger partial charge in [0.1, 0.15) is 0 Å². The van der Waals surface area contributed by atoms with Crippen LogP contribution in [0.25, 0.3) is 22.3 Å². The predicted molar refractivity (Wildman–Crippen MR) is 187 cm³/mol. The average Bonchev–Trinajstić information content (AvgIpc) is 3.12. The van der Waals surface area contributed by atoms with Crippen LogP contribution in [-0.2, 0) is 0 Å². The SMILES string of the molecule is c1ccc(-c2ccc(N(c3ccc(-c4ccccc4)cc3)c3ccc4c(c3)Oc3ccccc3N4c3ccccc3)cc2)cc1. The summed E-state index contributed by atoms with van der Waals surface area (Å²) in [5, 5.41) is 0. The Labute approximate surface area is 263 Å². The van der Waals surface area contributed by atoms with Gasteiger partial charge in [-0.3, -0.25) is 0 Å². The highest BCUT2D eigenvalue weighted by atomic mass is 16.5. The van der Waals surface area contributed by atoms with Gasteiger partial charge in [-0.25, -0.2) is 0 Å². The molecule has 8 rings (SSSR count). The normalized spacial score (nSPS) is 11.7. The predicted octanol–water partition coefficient (Wildman–Crippen LogP) is 12.1. The first-order chi connectivity index (χ1) is 22.3. The summed E-state index contributed by atoms with van der Waals surface area (Å²) in [4.78, 5) is 4.56. The molecule has 0 aliphatic carbocycles. The van der Waals surface area contributed by atoms with Crippen LogP contribution < -0.4 is 14.5 Å². The third kappa shape index (κ3) is 5.11. The molecule has 0 atom stereocenters. The quantitative estimate of drug-likeness (QED) is 0.195. The van der Waals surface area contributed by atoms with Crippen molar-refractivity contribution in [1.82, 2.24) is 0 Å². The molecular formula is C42H30N2O. The summed E-state index contributed by atoms with van der Waals surface area (Å²) < 4.78 is 6.58. The minimum atomic E-state index is 0.807. The van der Waals surface area contributed by atoms with E-state index in [4.69, 9.17) is 4.74 Å². The highest BCUT2D eigenvalue weighted by Gasteiger charge is 2.27. The van der Waals surface area contributed by atoms with E-state index in [1.165, 1.54) is 22.3 Å². The maximum absolute atomic E-state index is 6.58. The minimum Gasteiger partial charge on any atom is -0.453 e. The van der Waals surface area contributed by atoms with E-state index in [1.807, 2.05) is 30.3 Å².